The molecule has 142 valence electrons. The van der Waals surface area contributed by atoms with Crippen molar-refractivity contribution >= 4 is 10.0 Å². The number of sulfonamides is 1. The van der Waals surface area contributed by atoms with Crippen molar-refractivity contribution in [2.75, 3.05) is 0 Å². The number of hydrogen-bond acceptors (Lipinski definition) is 2. The minimum absolute atomic E-state index is 0.131. The van der Waals surface area contributed by atoms with Crippen molar-refractivity contribution < 1.29 is 34.8 Å². The van der Waals surface area contributed by atoms with E-state index < -0.39 is 62.4 Å². The van der Waals surface area contributed by atoms with Gasteiger partial charge in [0.2, 0.25) is 15.8 Å². The highest BCUT2D eigenvalue weighted by atomic mass is 32.2. The fraction of sp³-hybridized carbons (Fsp3) is 0.250. The Morgan fingerprint density at radius 3 is 1.77 bits per heavy atom. The minimum Gasteiger partial charge on any atom is -0.207 e. The topological polar surface area (TPSA) is 37.4 Å². The molecule has 0 spiro atoms. The van der Waals surface area contributed by atoms with Crippen molar-refractivity contribution in [3.05, 3.63) is 64.7 Å². The van der Waals surface area contributed by atoms with E-state index in [0.29, 0.717) is 4.31 Å². The van der Waals surface area contributed by atoms with Crippen LogP contribution in [0, 0.1) is 34.9 Å². The molecule has 2 rings (SSSR count). The lowest BCUT2D eigenvalue weighted by molar-refractivity contribution is 0.325. The smallest absolute Gasteiger partial charge is 0.207 e. The van der Waals surface area contributed by atoms with Crippen molar-refractivity contribution in [3.63, 3.8) is 0 Å². The number of benzene rings is 2. The lowest BCUT2D eigenvalue weighted by Gasteiger charge is -2.26. The van der Waals surface area contributed by atoms with E-state index >= 15 is 0 Å². The van der Waals surface area contributed by atoms with Crippen LogP contribution in [0.15, 0.2) is 29.2 Å². The standard InChI is InChI=1S/C16H13F6NO2S/c1-8(2)23(7-9-5-3-4-6-10(9)17)26(24,25)16-14(21)12(19)11(18)13(20)15(16)22/h3-6,8H,7H2,1-2H3. The van der Waals surface area contributed by atoms with Crippen LogP contribution in [0.5, 0.6) is 0 Å². The van der Waals surface area contributed by atoms with E-state index in [1.807, 2.05) is 0 Å². The first kappa shape index (κ1) is 20.2. The van der Waals surface area contributed by atoms with Crippen molar-refractivity contribution in [2.24, 2.45) is 0 Å². The van der Waals surface area contributed by atoms with Gasteiger partial charge in [0, 0.05) is 18.2 Å². The molecule has 0 saturated heterocycles. The lowest BCUT2D eigenvalue weighted by Crippen LogP contribution is -2.38. The maximum absolute atomic E-state index is 13.9. The number of rotatable bonds is 5. The molecule has 3 nitrogen and oxygen atoms in total. The highest BCUT2D eigenvalue weighted by molar-refractivity contribution is 7.89. The fourth-order valence-electron chi connectivity index (χ4n) is 2.27. The van der Waals surface area contributed by atoms with Gasteiger partial charge in [-0.2, -0.15) is 4.31 Å². The Labute approximate surface area is 145 Å². The first-order valence-corrected chi connectivity index (χ1v) is 8.70. The van der Waals surface area contributed by atoms with Gasteiger partial charge in [-0.25, -0.2) is 34.8 Å². The summed E-state index contributed by atoms with van der Waals surface area (Å²) >= 11 is 0. The Balaban J connectivity index is 2.65. The second-order valence-electron chi connectivity index (χ2n) is 5.63. The Kier molecular flexibility index (Phi) is 5.67. The summed E-state index contributed by atoms with van der Waals surface area (Å²) in [6.45, 7) is 1.96. The normalized spacial score (nSPS) is 12.2. The third-order valence-electron chi connectivity index (χ3n) is 3.60. The van der Waals surface area contributed by atoms with Crippen LogP contribution in [0.3, 0.4) is 0 Å². The summed E-state index contributed by atoms with van der Waals surface area (Å²) in [5.41, 5.74) is -0.131. The Bertz CT molecular complexity index is 917. The van der Waals surface area contributed by atoms with Crippen molar-refractivity contribution in [1.29, 1.82) is 0 Å². The highest BCUT2D eigenvalue weighted by Crippen LogP contribution is 2.30. The molecular formula is C16H13F6NO2S. The van der Waals surface area contributed by atoms with Gasteiger partial charge >= 0.3 is 0 Å². The monoisotopic (exact) mass is 397 g/mol. The van der Waals surface area contributed by atoms with Crippen LogP contribution >= 0.6 is 0 Å². The predicted octanol–water partition coefficient (Wildman–Crippen LogP) is 4.12. The van der Waals surface area contributed by atoms with Crippen LogP contribution < -0.4 is 0 Å². The zero-order valence-corrected chi connectivity index (χ0v) is 14.4. The third kappa shape index (κ3) is 3.43. The number of halogens is 6. The molecular weight excluding hydrogens is 384 g/mol. The molecule has 0 heterocycles. The summed E-state index contributed by atoms with van der Waals surface area (Å²) in [5.74, 6) is -13.0. The molecule has 0 N–H and O–H groups in total. The second-order valence-corrected chi connectivity index (χ2v) is 7.46. The molecule has 0 saturated carbocycles. The Morgan fingerprint density at radius 2 is 1.31 bits per heavy atom. The van der Waals surface area contributed by atoms with Crippen LogP contribution in [0.4, 0.5) is 26.3 Å². The van der Waals surface area contributed by atoms with Gasteiger partial charge in [0.15, 0.2) is 28.2 Å². The minimum atomic E-state index is -5.17. The van der Waals surface area contributed by atoms with Gasteiger partial charge < -0.3 is 0 Å². The first-order chi connectivity index (χ1) is 12.0. The lowest BCUT2D eigenvalue weighted by atomic mass is 10.2. The summed E-state index contributed by atoms with van der Waals surface area (Å²) in [5, 5.41) is 0. The SMILES string of the molecule is CC(C)N(Cc1ccccc1F)S(=O)(=O)c1c(F)c(F)c(F)c(F)c1F. The third-order valence-corrected chi connectivity index (χ3v) is 5.64. The molecule has 0 bridgehead atoms. The molecule has 0 atom stereocenters. The number of nitrogens with zero attached hydrogens (tertiary/aromatic N) is 1. The molecule has 2 aromatic rings. The summed E-state index contributed by atoms with van der Waals surface area (Å²) in [7, 11) is -5.17. The van der Waals surface area contributed by atoms with Crippen molar-refractivity contribution in [3.8, 4) is 0 Å². The first-order valence-electron chi connectivity index (χ1n) is 7.26. The Hall–Kier alpha value is -2.07. The van der Waals surface area contributed by atoms with E-state index in [-0.39, 0.29) is 5.56 Å². The van der Waals surface area contributed by atoms with Crippen LogP contribution in [0.2, 0.25) is 0 Å². The zero-order valence-electron chi connectivity index (χ0n) is 13.5. The maximum Gasteiger partial charge on any atom is 0.249 e. The van der Waals surface area contributed by atoms with E-state index in [9.17, 15) is 34.8 Å². The molecule has 0 aliphatic rings. The number of hydrogen-bond donors (Lipinski definition) is 0. The summed E-state index contributed by atoms with van der Waals surface area (Å²) < 4.78 is 107. The van der Waals surface area contributed by atoms with Crippen LogP contribution in [-0.4, -0.2) is 18.8 Å². The molecule has 2 aromatic carbocycles. The zero-order chi connectivity index (χ0) is 19.8. The van der Waals surface area contributed by atoms with Gasteiger partial charge in [-0.15, -0.1) is 0 Å². The molecule has 0 aromatic heterocycles. The van der Waals surface area contributed by atoms with Gasteiger partial charge in [0.25, 0.3) is 0 Å². The van der Waals surface area contributed by atoms with Gasteiger partial charge in [0.05, 0.1) is 0 Å². The van der Waals surface area contributed by atoms with Crippen LogP contribution in [0.25, 0.3) is 0 Å². The van der Waals surface area contributed by atoms with Crippen LogP contribution in [0.1, 0.15) is 19.4 Å². The van der Waals surface area contributed by atoms with Gasteiger partial charge in [0.1, 0.15) is 5.82 Å². The van der Waals surface area contributed by atoms with E-state index in [1.165, 1.54) is 32.0 Å². The predicted molar refractivity (Wildman–Crippen MR) is 80.5 cm³/mol. The average Bonchev–Trinajstić information content (AvgIpc) is 2.57. The molecule has 10 heteroatoms. The summed E-state index contributed by atoms with van der Waals surface area (Å²) in [6, 6.07) is 4.06. The quantitative estimate of drug-likeness (QED) is 0.433. The molecule has 0 fully saturated rings. The summed E-state index contributed by atoms with van der Waals surface area (Å²) in [6.07, 6.45) is 0. The van der Waals surface area contributed by atoms with E-state index in [4.69, 9.17) is 0 Å². The fourth-order valence-corrected chi connectivity index (χ4v) is 4.00. The second kappa shape index (κ2) is 7.28. The van der Waals surface area contributed by atoms with Crippen molar-refractivity contribution in [2.45, 2.75) is 31.3 Å². The van der Waals surface area contributed by atoms with E-state index in [1.54, 1.807) is 0 Å². The van der Waals surface area contributed by atoms with Crippen LogP contribution in [-0.2, 0) is 16.6 Å². The molecule has 0 amide bonds. The van der Waals surface area contributed by atoms with E-state index in [0.717, 1.165) is 6.07 Å². The van der Waals surface area contributed by atoms with E-state index in [2.05, 4.69) is 0 Å². The Morgan fingerprint density at radius 1 is 0.846 bits per heavy atom. The molecule has 0 radical (unpaired) electrons. The maximum atomic E-state index is 13.9. The molecule has 26 heavy (non-hydrogen) atoms. The van der Waals surface area contributed by atoms with Gasteiger partial charge in [-0.05, 0) is 19.9 Å². The molecule has 0 aliphatic carbocycles. The average molecular weight is 397 g/mol. The van der Waals surface area contributed by atoms with Crippen molar-refractivity contribution in [1.82, 2.24) is 4.31 Å². The molecule has 0 aliphatic heterocycles. The largest absolute Gasteiger partial charge is 0.249 e. The summed E-state index contributed by atoms with van der Waals surface area (Å²) in [4.78, 5) is -1.97. The van der Waals surface area contributed by atoms with Gasteiger partial charge in [-0.1, -0.05) is 18.2 Å². The highest BCUT2D eigenvalue weighted by Gasteiger charge is 2.38. The van der Waals surface area contributed by atoms with Gasteiger partial charge in [-0.3, -0.25) is 0 Å². The molecule has 0 unspecified atom stereocenters.